The molecule has 0 spiro atoms. The molecule has 0 unspecified atom stereocenters. The van der Waals surface area contributed by atoms with E-state index in [1.54, 1.807) is 12.1 Å². The number of carboxylic acid groups (broad SMARTS) is 1. The van der Waals surface area contributed by atoms with E-state index in [0.29, 0.717) is 5.56 Å². The second kappa shape index (κ2) is 11.0. The van der Waals surface area contributed by atoms with Gasteiger partial charge in [0.2, 0.25) is 0 Å². The van der Waals surface area contributed by atoms with Crippen molar-refractivity contribution in [2.45, 2.75) is 38.6 Å². The Balaban J connectivity index is 1.24. The molecule has 0 radical (unpaired) electrons. The predicted octanol–water partition coefficient (Wildman–Crippen LogP) is 4.21. The number of carboxylic acids is 1. The Morgan fingerprint density at radius 1 is 1.00 bits per heavy atom. The van der Waals surface area contributed by atoms with Gasteiger partial charge < -0.3 is 15.3 Å². The maximum absolute atomic E-state index is 11.0. The van der Waals surface area contributed by atoms with Crippen molar-refractivity contribution in [3.8, 4) is 0 Å². The van der Waals surface area contributed by atoms with E-state index >= 15 is 0 Å². The van der Waals surface area contributed by atoms with Crippen molar-refractivity contribution >= 4 is 5.97 Å². The van der Waals surface area contributed by atoms with Gasteiger partial charge in [-0.2, -0.15) is 0 Å². The molecule has 0 saturated carbocycles. The van der Waals surface area contributed by atoms with Crippen LogP contribution in [0.1, 0.15) is 47.2 Å². The van der Waals surface area contributed by atoms with Gasteiger partial charge in [-0.1, -0.05) is 42.5 Å². The number of nitrogens with one attached hydrogen (secondary N) is 1. The molecule has 0 aromatic heterocycles. The number of carbonyl (C=O) groups is 1. The van der Waals surface area contributed by atoms with Crippen molar-refractivity contribution in [3.63, 3.8) is 0 Å². The molecule has 4 heteroatoms. The fourth-order valence-corrected chi connectivity index (χ4v) is 3.99. The summed E-state index contributed by atoms with van der Waals surface area (Å²) in [6.07, 6.45) is 6.22. The number of rotatable bonds is 10. The van der Waals surface area contributed by atoms with Crippen molar-refractivity contribution in [3.05, 3.63) is 71.3 Å². The fraction of sp³-hybridized carbons (Fsp3) is 0.458. The summed E-state index contributed by atoms with van der Waals surface area (Å²) in [6, 6.07) is 18.0. The van der Waals surface area contributed by atoms with Crippen molar-refractivity contribution in [2.75, 3.05) is 26.2 Å². The third kappa shape index (κ3) is 6.77. The monoisotopic (exact) mass is 380 g/mol. The number of benzene rings is 2. The molecule has 1 aliphatic rings. The lowest BCUT2D eigenvalue weighted by Crippen LogP contribution is -2.35. The van der Waals surface area contributed by atoms with Gasteiger partial charge in [-0.3, -0.25) is 0 Å². The van der Waals surface area contributed by atoms with Crippen LogP contribution < -0.4 is 5.32 Å². The quantitative estimate of drug-likeness (QED) is 0.606. The summed E-state index contributed by atoms with van der Waals surface area (Å²) in [5.74, 6) is -0.0312. The molecule has 28 heavy (non-hydrogen) atoms. The van der Waals surface area contributed by atoms with Gasteiger partial charge in [0.25, 0.3) is 0 Å². The van der Waals surface area contributed by atoms with Gasteiger partial charge in [0.1, 0.15) is 0 Å². The van der Waals surface area contributed by atoms with E-state index < -0.39 is 5.97 Å². The van der Waals surface area contributed by atoms with E-state index in [1.807, 2.05) is 12.1 Å². The lowest BCUT2D eigenvalue weighted by molar-refractivity contribution is 0.0696. The van der Waals surface area contributed by atoms with Gasteiger partial charge in [0.15, 0.2) is 0 Å². The first-order valence-electron chi connectivity index (χ1n) is 10.5. The number of unbranched alkanes of at least 4 members (excludes halogenated alkanes) is 1. The van der Waals surface area contributed by atoms with Gasteiger partial charge in [-0.15, -0.1) is 0 Å². The second-order valence-corrected chi connectivity index (χ2v) is 7.86. The molecule has 2 N–H and O–H groups in total. The van der Waals surface area contributed by atoms with E-state index in [0.717, 1.165) is 31.0 Å². The normalized spacial score (nSPS) is 15.6. The molecule has 2 aromatic rings. The largest absolute Gasteiger partial charge is 0.478 e. The van der Waals surface area contributed by atoms with Gasteiger partial charge in [-0.05, 0) is 87.5 Å². The van der Waals surface area contributed by atoms with Gasteiger partial charge in [0.05, 0.1) is 5.56 Å². The Hall–Kier alpha value is -2.17. The predicted molar refractivity (Wildman–Crippen MR) is 114 cm³/mol. The molecular weight excluding hydrogens is 348 g/mol. The molecule has 0 aliphatic carbocycles. The van der Waals surface area contributed by atoms with Crippen LogP contribution in [0.25, 0.3) is 0 Å². The maximum atomic E-state index is 11.0. The summed E-state index contributed by atoms with van der Waals surface area (Å²) in [6.45, 7) is 5.35. The minimum absolute atomic E-state index is 0.356. The number of hydrogen-bond acceptors (Lipinski definition) is 3. The summed E-state index contributed by atoms with van der Waals surface area (Å²) in [7, 11) is 0. The fourth-order valence-electron chi connectivity index (χ4n) is 3.99. The zero-order valence-corrected chi connectivity index (χ0v) is 16.6. The number of likely N-dealkylation sites (tertiary alicyclic amines) is 1. The summed E-state index contributed by atoms with van der Waals surface area (Å²) in [5, 5.41) is 12.5. The lowest BCUT2D eigenvalue weighted by Gasteiger charge is -2.32. The van der Waals surface area contributed by atoms with Crippen LogP contribution in [0.4, 0.5) is 0 Å². The van der Waals surface area contributed by atoms with Crippen LogP contribution in [0.2, 0.25) is 0 Å². The highest BCUT2D eigenvalue weighted by Gasteiger charge is 2.18. The van der Waals surface area contributed by atoms with E-state index in [2.05, 4.69) is 40.5 Å². The molecule has 150 valence electrons. The van der Waals surface area contributed by atoms with Crippen molar-refractivity contribution < 1.29 is 9.90 Å². The number of piperidine rings is 1. The zero-order valence-electron chi connectivity index (χ0n) is 16.6. The molecule has 3 rings (SSSR count). The topological polar surface area (TPSA) is 52.6 Å². The number of hydrogen-bond donors (Lipinski definition) is 2. The average molecular weight is 381 g/mol. The molecular formula is C24H32N2O2. The van der Waals surface area contributed by atoms with Crippen LogP contribution in [0.5, 0.6) is 0 Å². The summed E-state index contributed by atoms with van der Waals surface area (Å²) >= 11 is 0. The summed E-state index contributed by atoms with van der Waals surface area (Å²) in [5.41, 5.74) is 2.86. The van der Waals surface area contributed by atoms with Crippen molar-refractivity contribution in [1.29, 1.82) is 0 Å². The van der Waals surface area contributed by atoms with Gasteiger partial charge >= 0.3 is 5.97 Å². The third-order valence-corrected chi connectivity index (χ3v) is 5.66. The molecule has 0 amide bonds. The molecule has 1 fully saturated rings. The Morgan fingerprint density at radius 3 is 2.50 bits per heavy atom. The molecule has 1 aliphatic heterocycles. The van der Waals surface area contributed by atoms with E-state index in [1.165, 1.54) is 50.9 Å². The van der Waals surface area contributed by atoms with Crippen LogP contribution in [0.15, 0.2) is 54.6 Å². The highest BCUT2D eigenvalue weighted by molar-refractivity contribution is 5.87. The van der Waals surface area contributed by atoms with Crippen LogP contribution in [0, 0.1) is 5.92 Å². The highest BCUT2D eigenvalue weighted by Crippen LogP contribution is 2.21. The number of nitrogens with zero attached hydrogens (tertiary/aromatic N) is 1. The average Bonchev–Trinajstić information content (AvgIpc) is 2.73. The maximum Gasteiger partial charge on any atom is 0.335 e. The SMILES string of the molecule is O=C(O)c1cccc(CNCCCCN2CCC(Cc3ccccc3)CC2)c1. The first-order valence-corrected chi connectivity index (χ1v) is 10.5. The molecule has 2 aromatic carbocycles. The Kier molecular flexibility index (Phi) is 8.07. The minimum atomic E-state index is -0.866. The Morgan fingerprint density at radius 2 is 1.75 bits per heavy atom. The molecule has 4 nitrogen and oxygen atoms in total. The zero-order chi connectivity index (χ0) is 19.6. The minimum Gasteiger partial charge on any atom is -0.478 e. The van der Waals surface area contributed by atoms with Gasteiger partial charge in [0, 0.05) is 6.54 Å². The van der Waals surface area contributed by atoms with Crippen LogP contribution in [-0.4, -0.2) is 42.2 Å². The van der Waals surface area contributed by atoms with Crippen LogP contribution >= 0.6 is 0 Å². The van der Waals surface area contributed by atoms with Crippen molar-refractivity contribution in [2.24, 2.45) is 5.92 Å². The first-order chi connectivity index (χ1) is 13.7. The summed E-state index contributed by atoms with van der Waals surface area (Å²) < 4.78 is 0. The second-order valence-electron chi connectivity index (χ2n) is 7.86. The van der Waals surface area contributed by atoms with E-state index in [4.69, 9.17) is 5.11 Å². The van der Waals surface area contributed by atoms with Crippen LogP contribution in [-0.2, 0) is 13.0 Å². The standard InChI is InChI=1S/C24H32N2O2/c27-24(28)23-10-6-9-22(18-23)19-25-13-4-5-14-26-15-11-21(12-16-26)17-20-7-2-1-3-8-20/h1-3,6-10,18,21,25H,4-5,11-17,19H2,(H,27,28). The lowest BCUT2D eigenvalue weighted by atomic mass is 9.90. The molecule has 1 heterocycles. The Bertz CT molecular complexity index is 724. The number of aromatic carboxylic acids is 1. The molecule has 0 bridgehead atoms. The third-order valence-electron chi connectivity index (χ3n) is 5.66. The smallest absolute Gasteiger partial charge is 0.335 e. The van der Waals surface area contributed by atoms with Crippen molar-refractivity contribution in [1.82, 2.24) is 10.2 Å². The van der Waals surface area contributed by atoms with Crippen LogP contribution in [0.3, 0.4) is 0 Å². The molecule has 0 atom stereocenters. The highest BCUT2D eigenvalue weighted by atomic mass is 16.4. The first kappa shape index (κ1) is 20.6. The van der Waals surface area contributed by atoms with Gasteiger partial charge in [-0.25, -0.2) is 4.79 Å². The van der Waals surface area contributed by atoms with E-state index in [-0.39, 0.29) is 0 Å². The van der Waals surface area contributed by atoms with E-state index in [9.17, 15) is 4.79 Å². The Labute approximate surface area is 168 Å². The summed E-state index contributed by atoms with van der Waals surface area (Å²) in [4.78, 5) is 13.6. The molecule has 1 saturated heterocycles.